The highest BCUT2D eigenvalue weighted by atomic mass is 35.5. The van der Waals surface area contributed by atoms with Crippen molar-refractivity contribution in [3.05, 3.63) is 29.8 Å². The number of hydrogen-bond acceptors (Lipinski definition) is 4. The molecule has 120 valence electrons. The zero-order valence-electron chi connectivity index (χ0n) is 12.7. The number of ether oxygens (including phenoxy) is 1. The Morgan fingerprint density at radius 1 is 1.36 bits per heavy atom. The topological polar surface area (TPSA) is 51.2 Å². The summed E-state index contributed by atoms with van der Waals surface area (Å²) >= 11 is 6.00. The lowest BCUT2D eigenvalue weighted by Gasteiger charge is -2.11. The van der Waals surface area contributed by atoms with Crippen molar-refractivity contribution in [1.29, 1.82) is 0 Å². The lowest BCUT2D eigenvalue weighted by Crippen LogP contribution is -2.07. The number of halogens is 2. The Morgan fingerprint density at radius 2 is 2.14 bits per heavy atom. The number of hydrogen-bond donors (Lipinski definition) is 1. The van der Waals surface area contributed by atoms with Crippen molar-refractivity contribution >= 4 is 46.5 Å². The maximum Gasteiger partial charge on any atom is 0.131 e. The highest BCUT2D eigenvalue weighted by molar-refractivity contribution is 6.17. The second kappa shape index (κ2) is 8.81. The number of aromatic nitrogens is 1. The van der Waals surface area contributed by atoms with Crippen molar-refractivity contribution in [1.82, 2.24) is 4.98 Å². The van der Waals surface area contributed by atoms with E-state index in [0.29, 0.717) is 18.8 Å². The molecule has 6 heteroatoms. The Bertz CT molecular complexity index is 647. The van der Waals surface area contributed by atoms with Gasteiger partial charge in [0.1, 0.15) is 17.4 Å². The second-order valence-corrected chi connectivity index (χ2v) is 5.19. The number of nitrogens with one attached hydrogen (secondary N) is 1. The predicted octanol–water partition coefficient (Wildman–Crippen LogP) is 4.19. The average molecular weight is 343 g/mol. The van der Waals surface area contributed by atoms with E-state index in [9.17, 15) is 4.79 Å². The zero-order valence-corrected chi connectivity index (χ0v) is 14.3. The minimum absolute atomic E-state index is 0. The summed E-state index contributed by atoms with van der Waals surface area (Å²) in [5.41, 5.74) is 1.83. The number of methoxy groups -OCH3 is 1. The first-order valence-corrected chi connectivity index (χ1v) is 7.44. The molecule has 0 aliphatic carbocycles. The molecular formula is C16H20Cl2N2O2. The van der Waals surface area contributed by atoms with Crippen LogP contribution in [0, 0.1) is 0 Å². The van der Waals surface area contributed by atoms with Gasteiger partial charge in [-0.05, 0) is 37.6 Å². The van der Waals surface area contributed by atoms with Crippen molar-refractivity contribution in [2.75, 3.05) is 19.0 Å². The molecule has 1 aromatic heterocycles. The molecule has 1 N–H and O–H groups in total. The Kier molecular flexibility index (Phi) is 7.42. The standard InChI is InChI=1S/C16H19ClN2O2.ClH/c1-11(20)4-3-7-18-16-13(10-17)8-12-9-14(21-2)5-6-15(12)19-16;/h5-6,8-9H,3-4,7,10H2,1-2H3,(H,18,19);1H. The van der Waals surface area contributed by atoms with Crippen LogP contribution in [0.2, 0.25) is 0 Å². The average Bonchev–Trinajstić information content (AvgIpc) is 2.49. The Labute approximate surface area is 141 Å². The number of ketones is 1. The summed E-state index contributed by atoms with van der Waals surface area (Å²) < 4.78 is 5.22. The number of nitrogens with zero attached hydrogens (tertiary/aromatic N) is 1. The van der Waals surface area contributed by atoms with Crippen LogP contribution in [0.15, 0.2) is 24.3 Å². The summed E-state index contributed by atoms with van der Waals surface area (Å²) in [5, 5.41) is 4.26. The van der Waals surface area contributed by atoms with Crippen LogP contribution in [0.25, 0.3) is 10.9 Å². The first kappa shape index (κ1) is 18.5. The van der Waals surface area contributed by atoms with Crippen LogP contribution in [0.1, 0.15) is 25.3 Å². The van der Waals surface area contributed by atoms with E-state index in [0.717, 1.165) is 34.5 Å². The van der Waals surface area contributed by atoms with Gasteiger partial charge in [0.2, 0.25) is 0 Å². The minimum atomic E-state index is 0. The number of carbonyl (C=O) groups excluding carboxylic acids is 1. The summed E-state index contributed by atoms with van der Waals surface area (Å²) in [7, 11) is 1.64. The van der Waals surface area contributed by atoms with E-state index in [1.807, 2.05) is 24.3 Å². The Morgan fingerprint density at radius 3 is 2.77 bits per heavy atom. The number of pyridine rings is 1. The molecule has 0 bridgehead atoms. The van der Waals surface area contributed by atoms with Crippen LogP contribution in [-0.2, 0) is 10.7 Å². The Balaban J connectivity index is 0.00000242. The van der Waals surface area contributed by atoms with Crippen molar-refractivity contribution in [3.8, 4) is 5.75 Å². The van der Waals surface area contributed by atoms with Crippen molar-refractivity contribution in [2.45, 2.75) is 25.6 Å². The SMILES string of the molecule is COc1ccc2nc(NCCCC(C)=O)c(CCl)cc2c1.Cl. The van der Waals surface area contributed by atoms with Crippen molar-refractivity contribution < 1.29 is 9.53 Å². The maximum atomic E-state index is 10.9. The van der Waals surface area contributed by atoms with E-state index in [4.69, 9.17) is 16.3 Å². The molecule has 4 nitrogen and oxygen atoms in total. The van der Waals surface area contributed by atoms with E-state index in [-0.39, 0.29) is 18.2 Å². The number of anilines is 1. The molecular weight excluding hydrogens is 323 g/mol. The van der Waals surface area contributed by atoms with Gasteiger partial charge in [-0.15, -0.1) is 24.0 Å². The molecule has 0 saturated carbocycles. The number of alkyl halides is 1. The third kappa shape index (κ3) is 4.75. The quantitative estimate of drug-likeness (QED) is 0.605. The van der Waals surface area contributed by atoms with Crippen LogP contribution in [0.5, 0.6) is 5.75 Å². The summed E-state index contributed by atoms with van der Waals surface area (Å²) in [6.45, 7) is 2.31. The number of benzene rings is 1. The third-order valence-corrected chi connectivity index (χ3v) is 3.53. The van der Waals surface area contributed by atoms with Gasteiger partial charge in [0, 0.05) is 23.9 Å². The molecule has 1 aromatic carbocycles. The lowest BCUT2D eigenvalue weighted by molar-refractivity contribution is -0.117. The molecule has 0 radical (unpaired) electrons. The number of fused-ring (bicyclic) bond motifs is 1. The molecule has 2 rings (SSSR count). The third-order valence-electron chi connectivity index (χ3n) is 3.24. The molecule has 0 saturated heterocycles. The van der Waals surface area contributed by atoms with Gasteiger partial charge in [0.05, 0.1) is 18.5 Å². The molecule has 0 unspecified atom stereocenters. The molecule has 0 aliphatic heterocycles. The normalized spacial score (nSPS) is 10.1. The highest BCUT2D eigenvalue weighted by Crippen LogP contribution is 2.25. The lowest BCUT2D eigenvalue weighted by atomic mass is 10.1. The van der Waals surface area contributed by atoms with Gasteiger partial charge >= 0.3 is 0 Å². The predicted molar refractivity (Wildman–Crippen MR) is 93.5 cm³/mol. The van der Waals surface area contributed by atoms with E-state index in [1.54, 1.807) is 14.0 Å². The Hall–Kier alpha value is -1.52. The number of rotatable bonds is 7. The van der Waals surface area contributed by atoms with Gasteiger partial charge in [-0.1, -0.05) is 0 Å². The van der Waals surface area contributed by atoms with E-state index < -0.39 is 0 Å². The molecule has 0 amide bonds. The first-order chi connectivity index (χ1) is 10.1. The summed E-state index contributed by atoms with van der Waals surface area (Å²) in [4.78, 5) is 15.5. The fourth-order valence-electron chi connectivity index (χ4n) is 2.12. The first-order valence-electron chi connectivity index (χ1n) is 6.91. The molecule has 1 heterocycles. The molecule has 2 aromatic rings. The van der Waals surface area contributed by atoms with Gasteiger partial charge < -0.3 is 14.8 Å². The van der Waals surface area contributed by atoms with Gasteiger partial charge in [-0.2, -0.15) is 0 Å². The van der Waals surface area contributed by atoms with Gasteiger partial charge in [-0.3, -0.25) is 0 Å². The molecule has 22 heavy (non-hydrogen) atoms. The van der Waals surface area contributed by atoms with Crippen LogP contribution in [0.3, 0.4) is 0 Å². The summed E-state index contributed by atoms with van der Waals surface area (Å²) in [5.74, 6) is 2.17. The van der Waals surface area contributed by atoms with Gasteiger partial charge in [0.25, 0.3) is 0 Å². The van der Waals surface area contributed by atoms with E-state index in [2.05, 4.69) is 10.3 Å². The maximum absolute atomic E-state index is 10.9. The minimum Gasteiger partial charge on any atom is -0.497 e. The number of carbonyl (C=O) groups is 1. The molecule has 0 atom stereocenters. The van der Waals surface area contributed by atoms with Crippen LogP contribution < -0.4 is 10.1 Å². The monoisotopic (exact) mass is 342 g/mol. The van der Waals surface area contributed by atoms with Crippen LogP contribution >= 0.6 is 24.0 Å². The van der Waals surface area contributed by atoms with Gasteiger partial charge in [-0.25, -0.2) is 4.98 Å². The van der Waals surface area contributed by atoms with Crippen molar-refractivity contribution in [2.24, 2.45) is 0 Å². The summed E-state index contributed by atoms with van der Waals surface area (Å²) in [6.07, 6.45) is 1.37. The second-order valence-electron chi connectivity index (χ2n) is 4.92. The fraction of sp³-hybridized carbons (Fsp3) is 0.375. The molecule has 0 fully saturated rings. The number of Topliss-reactive ketones (excluding diaryl/α,β-unsaturated/α-hetero) is 1. The van der Waals surface area contributed by atoms with Crippen LogP contribution in [-0.4, -0.2) is 24.4 Å². The van der Waals surface area contributed by atoms with E-state index in [1.165, 1.54) is 0 Å². The van der Waals surface area contributed by atoms with Crippen molar-refractivity contribution in [3.63, 3.8) is 0 Å². The smallest absolute Gasteiger partial charge is 0.131 e. The highest BCUT2D eigenvalue weighted by Gasteiger charge is 2.07. The molecule has 0 spiro atoms. The zero-order chi connectivity index (χ0) is 15.2. The van der Waals surface area contributed by atoms with Gasteiger partial charge in [0.15, 0.2) is 0 Å². The molecule has 0 aliphatic rings. The van der Waals surface area contributed by atoms with E-state index >= 15 is 0 Å². The van der Waals surface area contributed by atoms with Crippen LogP contribution in [0.4, 0.5) is 5.82 Å². The summed E-state index contributed by atoms with van der Waals surface area (Å²) in [6, 6.07) is 7.77. The largest absolute Gasteiger partial charge is 0.497 e. The fourth-order valence-corrected chi connectivity index (χ4v) is 2.33.